The molecule has 1 aromatic carbocycles. The zero-order chi connectivity index (χ0) is 17.8. The van der Waals surface area contributed by atoms with E-state index >= 15 is 0 Å². The van der Waals surface area contributed by atoms with Crippen molar-refractivity contribution in [2.75, 3.05) is 0 Å². The molecule has 3 aromatic heterocycles. The van der Waals surface area contributed by atoms with E-state index in [0.29, 0.717) is 17.6 Å². The number of hydrogen-bond acceptors (Lipinski definition) is 5. The van der Waals surface area contributed by atoms with Gasteiger partial charge in [0, 0.05) is 36.3 Å². The van der Waals surface area contributed by atoms with Crippen molar-refractivity contribution in [2.45, 2.75) is 6.54 Å². The number of amides is 1. The molecular formula is C20H15N5O. The largest absolute Gasteiger partial charge is 0.347 e. The van der Waals surface area contributed by atoms with Gasteiger partial charge < -0.3 is 5.32 Å². The first-order valence-electron chi connectivity index (χ1n) is 8.14. The first-order valence-corrected chi connectivity index (χ1v) is 8.14. The van der Waals surface area contributed by atoms with Crippen molar-refractivity contribution < 1.29 is 4.79 Å². The number of rotatable bonds is 4. The van der Waals surface area contributed by atoms with E-state index in [0.717, 1.165) is 16.7 Å². The highest BCUT2D eigenvalue weighted by Crippen LogP contribution is 2.24. The van der Waals surface area contributed by atoms with Gasteiger partial charge in [0.05, 0.1) is 12.4 Å². The minimum atomic E-state index is -0.266. The number of pyridine rings is 2. The van der Waals surface area contributed by atoms with Gasteiger partial charge in [0.15, 0.2) is 0 Å². The average Bonchev–Trinajstić information content (AvgIpc) is 2.72. The molecule has 4 rings (SSSR count). The average molecular weight is 341 g/mol. The maximum atomic E-state index is 12.5. The van der Waals surface area contributed by atoms with Gasteiger partial charge in [0.25, 0.3) is 5.91 Å². The molecule has 0 unspecified atom stereocenters. The Balaban J connectivity index is 1.65. The van der Waals surface area contributed by atoms with Gasteiger partial charge >= 0.3 is 0 Å². The normalized spacial score (nSPS) is 10.6. The maximum Gasteiger partial charge on any atom is 0.271 e. The molecule has 0 saturated carbocycles. The number of fused-ring (bicyclic) bond motifs is 1. The Bertz CT molecular complexity index is 1050. The van der Waals surface area contributed by atoms with E-state index in [2.05, 4.69) is 25.3 Å². The predicted octanol–water partition coefficient (Wildman–Crippen LogP) is 3.02. The fraction of sp³-hybridized carbons (Fsp3) is 0.0500. The number of aromatic nitrogens is 4. The topological polar surface area (TPSA) is 80.7 Å². The highest BCUT2D eigenvalue weighted by Gasteiger charge is 2.12. The molecule has 0 atom stereocenters. The molecule has 3 heterocycles. The number of nitrogens with one attached hydrogen (secondary N) is 1. The van der Waals surface area contributed by atoms with Crippen molar-refractivity contribution >= 4 is 16.9 Å². The zero-order valence-electron chi connectivity index (χ0n) is 13.8. The summed E-state index contributed by atoms with van der Waals surface area (Å²) in [7, 11) is 0. The van der Waals surface area contributed by atoms with E-state index in [-0.39, 0.29) is 11.6 Å². The Morgan fingerprint density at radius 1 is 0.923 bits per heavy atom. The second kappa shape index (κ2) is 7.06. The highest BCUT2D eigenvalue weighted by molar-refractivity contribution is 5.96. The van der Waals surface area contributed by atoms with Gasteiger partial charge in [0.1, 0.15) is 16.7 Å². The van der Waals surface area contributed by atoms with Crippen LogP contribution in [-0.2, 0) is 6.54 Å². The molecule has 6 nitrogen and oxygen atoms in total. The Labute approximate surface area is 150 Å². The molecule has 4 aromatic rings. The molecule has 0 aliphatic heterocycles. The third-order valence-corrected chi connectivity index (χ3v) is 3.96. The Kier molecular flexibility index (Phi) is 4.30. The standard InChI is InChI=1S/C20H15N5O/c26-20(24-9-14-5-2-1-3-6-14)18-13-23-17-12-22-11-16(19(17)25-18)15-7-4-8-21-10-15/h1-8,10-13H,9H2,(H,24,26). The molecule has 0 saturated heterocycles. The lowest BCUT2D eigenvalue weighted by Crippen LogP contribution is -2.24. The molecule has 1 amide bonds. The second-order valence-corrected chi connectivity index (χ2v) is 5.72. The fourth-order valence-electron chi connectivity index (χ4n) is 2.65. The quantitative estimate of drug-likeness (QED) is 0.617. The fourth-order valence-corrected chi connectivity index (χ4v) is 2.65. The molecule has 0 fully saturated rings. The minimum absolute atomic E-state index is 0.266. The van der Waals surface area contributed by atoms with Crippen molar-refractivity contribution in [3.8, 4) is 11.1 Å². The van der Waals surface area contributed by atoms with Gasteiger partial charge in [-0.2, -0.15) is 0 Å². The smallest absolute Gasteiger partial charge is 0.271 e. The van der Waals surface area contributed by atoms with Crippen LogP contribution in [0.2, 0.25) is 0 Å². The van der Waals surface area contributed by atoms with Gasteiger partial charge in [-0.25, -0.2) is 4.98 Å². The number of carbonyl (C=O) groups excluding carboxylic acids is 1. The first kappa shape index (κ1) is 15.8. The van der Waals surface area contributed by atoms with E-state index in [9.17, 15) is 4.79 Å². The van der Waals surface area contributed by atoms with Gasteiger partial charge in [-0.15, -0.1) is 0 Å². The van der Waals surface area contributed by atoms with E-state index in [1.54, 1.807) is 24.8 Å². The van der Waals surface area contributed by atoms with Crippen molar-refractivity contribution in [1.29, 1.82) is 0 Å². The molecule has 1 N–H and O–H groups in total. The molecule has 126 valence electrons. The molecule has 26 heavy (non-hydrogen) atoms. The Morgan fingerprint density at radius 2 is 1.81 bits per heavy atom. The van der Waals surface area contributed by atoms with Crippen LogP contribution in [0.3, 0.4) is 0 Å². The van der Waals surface area contributed by atoms with Crippen LogP contribution in [0.25, 0.3) is 22.2 Å². The molecule has 6 heteroatoms. The van der Waals surface area contributed by atoms with E-state index < -0.39 is 0 Å². The molecule has 0 spiro atoms. The second-order valence-electron chi connectivity index (χ2n) is 5.72. The number of nitrogens with zero attached hydrogens (tertiary/aromatic N) is 4. The first-order chi connectivity index (χ1) is 12.8. The van der Waals surface area contributed by atoms with Gasteiger partial charge in [-0.1, -0.05) is 36.4 Å². The van der Waals surface area contributed by atoms with Crippen LogP contribution in [-0.4, -0.2) is 25.8 Å². The maximum absolute atomic E-state index is 12.5. The van der Waals surface area contributed by atoms with Crippen LogP contribution in [0.15, 0.2) is 73.4 Å². The Hall–Kier alpha value is -3.67. The van der Waals surface area contributed by atoms with Gasteiger partial charge in [-0.3, -0.25) is 19.7 Å². The van der Waals surface area contributed by atoms with Crippen LogP contribution in [0.1, 0.15) is 16.1 Å². The van der Waals surface area contributed by atoms with Crippen LogP contribution >= 0.6 is 0 Å². The lowest BCUT2D eigenvalue weighted by atomic mass is 10.1. The highest BCUT2D eigenvalue weighted by atomic mass is 16.1. The summed E-state index contributed by atoms with van der Waals surface area (Å²) in [4.78, 5) is 29.7. The number of benzene rings is 1. The van der Waals surface area contributed by atoms with Crippen molar-refractivity contribution in [1.82, 2.24) is 25.3 Å². The van der Waals surface area contributed by atoms with E-state index in [4.69, 9.17) is 0 Å². The lowest BCUT2D eigenvalue weighted by molar-refractivity contribution is 0.0946. The summed E-state index contributed by atoms with van der Waals surface area (Å²) in [6.07, 6.45) is 8.25. The summed E-state index contributed by atoms with van der Waals surface area (Å²) >= 11 is 0. The van der Waals surface area contributed by atoms with Crippen LogP contribution in [0, 0.1) is 0 Å². The molecule has 0 aliphatic carbocycles. The minimum Gasteiger partial charge on any atom is -0.347 e. The predicted molar refractivity (Wildman–Crippen MR) is 98.2 cm³/mol. The summed E-state index contributed by atoms with van der Waals surface area (Å²) in [5.74, 6) is -0.266. The number of carbonyl (C=O) groups is 1. The number of hydrogen-bond donors (Lipinski definition) is 1. The summed E-state index contributed by atoms with van der Waals surface area (Å²) in [6, 6.07) is 13.5. The zero-order valence-corrected chi connectivity index (χ0v) is 13.8. The van der Waals surface area contributed by atoms with Crippen LogP contribution in [0.4, 0.5) is 0 Å². The lowest BCUT2D eigenvalue weighted by Gasteiger charge is -2.08. The Morgan fingerprint density at radius 3 is 2.62 bits per heavy atom. The van der Waals surface area contributed by atoms with E-state index in [1.165, 1.54) is 6.20 Å². The third-order valence-electron chi connectivity index (χ3n) is 3.96. The SMILES string of the molecule is O=C(NCc1ccccc1)c1cnc2cncc(-c3cccnc3)c2n1. The summed E-state index contributed by atoms with van der Waals surface area (Å²) in [6.45, 7) is 0.436. The van der Waals surface area contributed by atoms with Gasteiger partial charge in [-0.05, 0) is 11.6 Å². The van der Waals surface area contributed by atoms with Crippen LogP contribution < -0.4 is 5.32 Å². The van der Waals surface area contributed by atoms with E-state index in [1.807, 2.05) is 42.5 Å². The summed E-state index contributed by atoms with van der Waals surface area (Å²) in [5, 5.41) is 2.87. The van der Waals surface area contributed by atoms with Crippen molar-refractivity contribution in [3.63, 3.8) is 0 Å². The molecule has 0 bridgehead atoms. The summed E-state index contributed by atoms with van der Waals surface area (Å²) in [5.41, 5.74) is 4.22. The summed E-state index contributed by atoms with van der Waals surface area (Å²) < 4.78 is 0. The third kappa shape index (κ3) is 3.25. The van der Waals surface area contributed by atoms with Crippen LogP contribution in [0.5, 0.6) is 0 Å². The monoisotopic (exact) mass is 341 g/mol. The van der Waals surface area contributed by atoms with Crippen molar-refractivity contribution in [3.05, 3.63) is 84.7 Å². The van der Waals surface area contributed by atoms with Gasteiger partial charge in [0.2, 0.25) is 0 Å². The molecule has 0 radical (unpaired) electrons. The molecule has 0 aliphatic rings. The van der Waals surface area contributed by atoms with Crippen molar-refractivity contribution in [2.24, 2.45) is 0 Å². The molecular weight excluding hydrogens is 326 g/mol.